The van der Waals surface area contributed by atoms with E-state index in [-0.39, 0.29) is 13.2 Å². The summed E-state index contributed by atoms with van der Waals surface area (Å²) in [4.78, 5) is 23.6. The number of hydrazone groups is 1. The molecule has 31 heavy (non-hydrogen) atoms. The van der Waals surface area contributed by atoms with E-state index in [4.69, 9.17) is 42.1 Å². The number of methoxy groups -OCH3 is 1. The average molecular weight is 469 g/mol. The van der Waals surface area contributed by atoms with Crippen molar-refractivity contribution in [1.29, 1.82) is 0 Å². The SMILES string of the molecule is CCOC(=O)COc1ccc(/C=N\NC(=O)C(C)Oc2ccc(Cl)cc2Cl)cc1OC. The Hall–Kier alpha value is -2.97. The van der Waals surface area contributed by atoms with Gasteiger partial charge in [-0.1, -0.05) is 23.2 Å². The van der Waals surface area contributed by atoms with E-state index in [1.807, 2.05) is 0 Å². The van der Waals surface area contributed by atoms with E-state index >= 15 is 0 Å². The zero-order chi connectivity index (χ0) is 22.8. The van der Waals surface area contributed by atoms with Crippen molar-refractivity contribution >= 4 is 41.3 Å². The zero-order valence-corrected chi connectivity index (χ0v) is 18.7. The second-order valence-electron chi connectivity index (χ2n) is 6.07. The van der Waals surface area contributed by atoms with E-state index in [9.17, 15) is 9.59 Å². The summed E-state index contributed by atoms with van der Waals surface area (Å²) in [5.74, 6) is 0.158. The number of carbonyl (C=O) groups is 2. The van der Waals surface area contributed by atoms with E-state index in [2.05, 4.69) is 10.5 Å². The summed E-state index contributed by atoms with van der Waals surface area (Å²) in [6.45, 7) is 3.32. The molecule has 0 aliphatic carbocycles. The maximum atomic E-state index is 12.2. The Balaban J connectivity index is 1.93. The fraction of sp³-hybridized carbons (Fsp3) is 0.286. The zero-order valence-electron chi connectivity index (χ0n) is 17.2. The highest BCUT2D eigenvalue weighted by Gasteiger charge is 2.16. The molecule has 0 fully saturated rings. The first-order valence-electron chi connectivity index (χ1n) is 9.25. The van der Waals surface area contributed by atoms with Gasteiger partial charge in [-0.15, -0.1) is 0 Å². The van der Waals surface area contributed by atoms with Gasteiger partial charge >= 0.3 is 5.97 Å². The molecule has 10 heteroatoms. The van der Waals surface area contributed by atoms with Crippen molar-refractivity contribution in [2.75, 3.05) is 20.3 Å². The Kier molecular flexibility index (Phi) is 9.42. The van der Waals surface area contributed by atoms with Crippen LogP contribution in [0.2, 0.25) is 10.0 Å². The van der Waals surface area contributed by atoms with Crippen LogP contribution in [-0.2, 0) is 14.3 Å². The molecule has 0 saturated carbocycles. The van der Waals surface area contributed by atoms with Crippen molar-refractivity contribution in [3.8, 4) is 17.2 Å². The van der Waals surface area contributed by atoms with Gasteiger partial charge in [0.25, 0.3) is 5.91 Å². The van der Waals surface area contributed by atoms with Gasteiger partial charge in [-0.05, 0) is 55.8 Å². The molecule has 1 unspecified atom stereocenters. The van der Waals surface area contributed by atoms with Crippen LogP contribution < -0.4 is 19.6 Å². The lowest BCUT2D eigenvalue weighted by molar-refractivity contribution is -0.145. The Morgan fingerprint density at radius 1 is 1.13 bits per heavy atom. The first-order valence-corrected chi connectivity index (χ1v) is 10.0. The number of hydrogen-bond donors (Lipinski definition) is 1. The minimum Gasteiger partial charge on any atom is -0.493 e. The molecule has 0 aliphatic rings. The van der Waals surface area contributed by atoms with Crippen LogP contribution in [0.5, 0.6) is 17.2 Å². The van der Waals surface area contributed by atoms with E-state index in [1.54, 1.807) is 44.2 Å². The normalized spacial score (nSPS) is 11.6. The molecule has 1 N–H and O–H groups in total. The lowest BCUT2D eigenvalue weighted by Crippen LogP contribution is -2.33. The molecule has 0 radical (unpaired) electrons. The summed E-state index contributed by atoms with van der Waals surface area (Å²) in [6, 6.07) is 9.66. The van der Waals surface area contributed by atoms with Crippen molar-refractivity contribution < 1.29 is 28.5 Å². The van der Waals surface area contributed by atoms with Gasteiger partial charge in [0.2, 0.25) is 0 Å². The molecular formula is C21H22Cl2N2O6. The highest BCUT2D eigenvalue weighted by molar-refractivity contribution is 6.35. The minimum atomic E-state index is -0.844. The van der Waals surface area contributed by atoms with Gasteiger partial charge in [-0.25, -0.2) is 10.2 Å². The number of benzene rings is 2. The predicted molar refractivity (Wildman–Crippen MR) is 117 cm³/mol. The van der Waals surface area contributed by atoms with Gasteiger partial charge in [0.1, 0.15) is 5.75 Å². The maximum Gasteiger partial charge on any atom is 0.344 e. The molecular weight excluding hydrogens is 447 g/mol. The van der Waals surface area contributed by atoms with Crippen LogP contribution >= 0.6 is 23.2 Å². The lowest BCUT2D eigenvalue weighted by atomic mass is 10.2. The number of amides is 1. The third-order valence-corrected chi connectivity index (χ3v) is 4.32. The molecule has 0 spiro atoms. The molecule has 1 amide bonds. The maximum absolute atomic E-state index is 12.2. The number of rotatable bonds is 10. The molecule has 0 heterocycles. The standard InChI is InChI=1S/C21H22Cl2N2O6/c1-4-29-20(26)12-30-18-7-5-14(9-19(18)28-3)11-24-25-21(27)13(2)31-17-8-6-15(22)10-16(17)23/h5-11,13H,4,12H2,1-3H3,(H,25,27)/b24-11-. The van der Waals surface area contributed by atoms with Crippen LogP contribution in [0.3, 0.4) is 0 Å². The van der Waals surface area contributed by atoms with Gasteiger partial charge in [-0.2, -0.15) is 5.10 Å². The first kappa shape index (κ1) is 24.3. The number of hydrogen-bond acceptors (Lipinski definition) is 7. The number of ether oxygens (including phenoxy) is 4. The van der Waals surface area contributed by atoms with Gasteiger partial charge < -0.3 is 18.9 Å². The number of esters is 1. The summed E-state index contributed by atoms with van der Waals surface area (Å²) in [7, 11) is 1.47. The second kappa shape index (κ2) is 12.0. The van der Waals surface area contributed by atoms with Crippen molar-refractivity contribution in [1.82, 2.24) is 5.43 Å². The number of halogens is 2. The molecule has 2 aromatic rings. The van der Waals surface area contributed by atoms with E-state index in [0.29, 0.717) is 32.9 Å². The Morgan fingerprint density at radius 2 is 1.87 bits per heavy atom. The van der Waals surface area contributed by atoms with Crippen LogP contribution in [0.4, 0.5) is 0 Å². The third-order valence-electron chi connectivity index (χ3n) is 3.79. The average Bonchev–Trinajstić information content (AvgIpc) is 2.74. The third kappa shape index (κ3) is 7.66. The van der Waals surface area contributed by atoms with Crippen molar-refractivity contribution in [3.63, 3.8) is 0 Å². The number of nitrogens with one attached hydrogen (secondary N) is 1. The Labute approximate surface area is 190 Å². The number of carbonyl (C=O) groups excluding carboxylic acids is 2. The summed E-state index contributed by atoms with van der Waals surface area (Å²) in [5, 5.41) is 4.68. The quantitative estimate of drug-likeness (QED) is 0.323. The molecule has 0 saturated heterocycles. The molecule has 1 atom stereocenters. The van der Waals surface area contributed by atoms with E-state index < -0.39 is 18.0 Å². The van der Waals surface area contributed by atoms with Gasteiger partial charge in [0.05, 0.1) is 25.0 Å². The largest absolute Gasteiger partial charge is 0.493 e. The summed E-state index contributed by atoms with van der Waals surface area (Å²) in [5.41, 5.74) is 3.03. The van der Waals surface area contributed by atoms with Crippen molar-refractivity contribution in [2.24, 2.45) is 5.10 Å². The topological polar surface area (TPSA) is 95.5 Å². The van der Waals surface area contributed by atoms with E-state index in [0.717, 1.165) is 0 Å². The molecule has 2 aromatic carbocycles. The fourth-order valence-electron chi connectivity index (χ4n) is 2.30. The lowest BCUT2D eigenvalue weighted by Gasteiger charge is -2.14. The van der Waals surface area contributed by atoms with Gasteiger partial charge in [0.15, 0.2) is 24.2 Å². The van der Waals surface area contributed by atoms with Crippen molar-refractivity contribution in [2.45, 2.75) is 20.0 Å². The molecule has 166 valence electrons. The monoisotopic (exact) mass is 468 g/mol. The highest BCUT2D eigenvalue weighted by atomic mass is 35.5. The minimum absolute atomic E-state index is 0.233. The predicted octanol–water partition coefficient (Wildman–Crippen LogP) is 3.86. The van der Waals surface area contributed by atoms with Crippen LogP contribution in [0.15, 0.2) is 41.5 Å². The summed E-state index contributed by atoms with van der Waals surface area (Å²) < 4.78 is 21.0. The molecule has 0 bridgehead atoms. The van der Waals surface area contributed by atoms with Crippen molar-refractivity contribution in [3.05, 3.63) is 52.0 Å². The molecule has 8 nitrogen and oxygen atoms in total. The Bertz CT molecular complexity index is 951. The summed E-state index contributed by atoms with van der Waals surface area (Å²) >= 11 is 11.9. The molecule has 0 aromatic heterocycles. The molecule has 2 rings (SSSR count). The fourth-order valence-corrected chi connectivity index (χ4v) is 2.75. The molecule has 0 aliphatic heterocycles. The van der Waals surface area contributed by atoms with Crippen LogP contribution in [0, 0.1) is 0 Å². The van der Waals surface area contributed by atoms with Crippen LogP contribution in [-0.4, -0.2) is 44.5 Å². The van der Waals surface area contributed by atoms with Gasteiger partial charge in [0, 0.05) is 5.02 Å². The summed E-state index contributed by atoms with van der Waals surface area (Å²) in [6.07, 6.45) is 0.585. The van der Waals surface area contributed by atoms with Gasteiger partial charge in [-0.3, -0.25) is 4.79 Å². The smallest absolute Gasteiger partial charge is 0.344 e. The van der Waals surface area contributed by atoms with Crippen LogP contribution in [0.25, 0.3) is 0 Å². The van der Waals surface area contributed by atoms with Crippen LogP contribution in [0.1, 0.15) is 19.4 Å². The first-order chi connectivity index (χ1) is 14.8. The highest BCUT2D eigenvalue weighted by Crippen LogP contribution is 2.29. The Morgan fingerprint density at radius 3 is 2.55 bits per heavy atom. The second-order valence-corrected chi connectivity index (χ2v) is 6.92. The number of nitrogens with zero attached hydrogens (tertiary/aromatic N) is 1. The van der Waals surface area contributed by atoms with E-state index in [1.165, 1.54) is 19.4 Å².